The van der Waals surface area contributed by atoms with Gasteiger partial charge in [-0.1, -0.05) is 18.2 Å². The maximum atomic E-state index is 13.2. The molecule has 30 heavy (non-hydrogen) atoms. The predicted molar refractivity (Wildman–Crippen MR) is 112 cm³/mol. The summed E-state index contributed by atoms with van der Waals surface area (Å²) in [5.74, 6) is 0.0864. The SMILES string of the molecule is COc1cccc(N(Cc2ccc(C(=O)O)cc2)C(=O)O[C@H]2CN3CCC2CC3)c1. The van der Waals surface area contributed by atoms with Gasteiger partial charge in [0.2, 0.25) is 0 Å². The zero-order valence-electron chi connectivity index (χ0n) is 17.0. The fourth-order valence-corrected chi connectivity index (χ4v) is 4.21. The molecule has 0 spiro atoms. The number of carboxylic acid groups (broad SMARTS) is 1. The van der Waals surface area contributed by atoms with Crippen molar-refractivity contribution in [1.82, 2.24) is 4.90 Å². The predicted octanol–water partition coefficient (Wildman–Crippen LogP) is 3.63. The molecular weight excluding hydrogens is 384 g/mol. The number of anilines is 1. The molecule has 3 aliphatic heterocycles. The molecule has 3 aliphatic rings. The van der Waals surface area contributed by atoms with E-state index in [-0.39, 0.29) is 18.2 Å². The third kappa shape index (κ3) is 4.41. The van der Waals surface area contributed by atoms with Gasteiger partial charge in [-0.3, -0.25) is 9.80 Å². The molecule has 7 heteroatoms. The molecule has 7 nitrogen and oxygen atoms in total. The molecule has 3 heterocycles. The summed E-state index contributed by atoms with van der Waals surface area (Å²) in [5.41, 5.74) is 1.69. The van der Waals surface area contributed by atoms with Gasteiger partial charge in [0.05, 0.1) is 24.9 Å². The first-order chi connectivity index (χ1) is 14.5. The van der Waals surface area contributed by atoms with Gasteiger partial charge in [-0.25, -0.2) is 9.59 Å². The van der Waals surface area contributed by atoms with E-state index in [1.54, 1.807) is 42.3 Å². The van der Waals surface area contributed by atoms with Gasteiger partial charge in [0.1, 0.15) is 11.9 Å². The lowest BCUT2D eigenvalue weighted by Crippen LogP contribution is -2.53. The molecule has 0 aromatic heterocycles. The van der Waals surface area contributed by atoms with Crippen LogP contribution in [-0.2, 0) is 11.3 Å². The topological polar surface area (TPSA) is 79.3 Å². The van der Waals surface area contributed by atoms with Gasteiger partial charge in [-0.15, -0.1) is 0 Å². The number of rotatable bonds is 6. The standard InChI is InChI=1S/C23H26N2O5/c1-29-20-4-2-3-19(13-20)25(14-16-5-7-18(8-6-16)22(26)27)23(28)30-21-15-24-11-9-17(21)10-12-24/h2-8,13,17,21H,9-12,14-15H2,1H3,(H,26,27)/t21-/m0/s1. The molecule has 3 fully saturated rings. The van der Waals surface area contributed by atoms with Crippen LogP contribution in [0.25, 0.3) is 0 Å². The minimum atomic E-state index is -0.979. The Labute approximate surface area is 175 Å². The number of benzene rings is 2. The van der Waals surface area contributed by atoms with Crippen LogP contribution in [0.1, 0.15) is 28.8 Å². The van der Waals surface area contributed by atoms with Gasteiger partial charge in [0, 0.05) is 12.6 Å². The number of aromatic carboxylic acids is 1. The number of fused-ring (bicyclic) bond motifs is 3. The van der Waals surface area contributed by atoms with Gasteiger partial charge in [0.25, 0.3) is 0 Å². The second kappa shape index (κ2) is 8.75. The molecule has 2 bridgehead atoms. The van der Waals surface area contributed by atoms with Gasteiger partial charge >= 0.3 is 12.1 Å². The Bertz CT molecular complexity index is 906. The Balaban J connectivity index is 1.56. The molecule has 0 aliphatic carbocycles. The van der Waals surface area contributed by atoms with E-state index < -0.39 is 12.1 Å². The van der Waals surface area contributed by atoms with Crippen molar-refractivity contribution in [3.63, 3.8) is 0 Å². The normalized spacial score (nSPS) is 22.4. The molecule has 3 saturated heterocycles. The van der Waals surface area contributed by atoms with Gasteiger partial charge in [-0.2, -0.15) is 0 Å². The van der Waals surface area contributed by atoms with Crippen LogP contribution in [-0.4, -0.2) is 54.9 Å². The molecule has 2 aromatic carbocycles. The highest BCUT2D eigenvalue weighted by Crippen LogP contribution is 2.31. The lowest BCUT2D eigenvalue weighted by molar-refractivity contribution is -0.0311. The number of hydrogen-bond donors (Lipinski definition) is 1. The van der Waals surface area contributed by atoms with Crippen molar-refractivity contribution >= 4 is 17.7 Å². The van der Waals surface area contributed by atoms with Crippen LogP contribution in [0.4, 0.5) is 10.5 Å². The van der Waals surface area contributed by atoms with E-state index in [9.17, 15) is 9.59 Å². The van der Waals surface area contributed by atoms with E-state index in [0.717, 1.165) is 38.0 Å². The first-order valence-electron chi connectivity index (χ1n) is 10.2. The number of carbonyl (C=O) groups excluding carboxylic acids is 1. The number of methoxy groups -OCH3 is 1. The number of piperidine rings is 3. The van der Waals surface area contributed by atoms with E-state index >= 15 is 0 Å². The van der Waals surface area contributed by atoms with Crippen LogP contribution < -0.4 is 9.64 Å². The molecule has 1 atom stereocenters. The highest BCUT2D eigenvalue weighted by Gasteiger charge is 2.37. The van der Waals surface area contributed by atoms with Crippen molar-refractivity contribution < 1.29 is 24.2 Å². The highest BCUT2D eigenvalue weighted by atomic mass is 16.6. The van der Waals surface area contributed by atoms with Gasteiger partial charge in [0.15, 0.2) is 0 Å². The lowest BCUT2D eigenvalue weighted by atomic mass is 9.86. The molecule has 2 aromatic rings. The highest BCUT2D eigenvalue weighted by molar-refractivity contribution is 5.89. The number of nitrogens with zero attached hydrogens (tertiary/aromatic N) is 2. The molecule has 1 amide bonds. The first kappa shape index (κ1) is 20.2. The molecule has 5 rings (SSSR count). The Morgan fingerprint density at radius 1 is 1.13 bits per heavy atom. The second-order valence-corrected chi connectivity index (χ2v) is 7.85. The summed E-state index contributed by atoms with van der Waals surface area (Å²) in [5, 5.41) is 9.11. The Morgan fingerprint density at radius 3 is 2.47 bits per heavy atom. The van der Waals surface area contributed by atoms with Crippen molar-refractivity contribution in [1.29, 1.82) is 0 Å². The van der Waals surface area contributed by atoms with Crippen LogP contribution in [0.3, 0.4) is 0 Å². The smallest absolute Gasteiger partial charge is 0.414 e. The summed E-state index contributed by atoms with van der Waals surface area (Å²) in [6.07, 6.45) is 1.63. The van der Waals surface area contributed by atoms with Gasteiger partial charge in [-0.05, 0) is 61.7 Å². The number of ether oxygens (including phenoxy) is 2. The van der Waals surface area contributed by atoms with E-state index in [1.165, 1.54) is 0 Å². The summed E-state index contributed by atoms with van der Waals surface area (Å²) in [7, 11) is 1.58. The Morgan fingerprint density at radius 2 is 1.87 bits per heavy atom. The van der Waals surface area contributed by atoms with Crippen molar-refractivity contribution in [3.05, 3.63) is 59.7 Å². The number of carboxylic acids is 1. The monoisotopic (exact) mass is 410 g/mol. The van der Waals surface area contributed by atoms with E-state index in [0.29, 0.717) is 17.4 Å². The number of hydrogen-bond acceptors (Lipinski definition) is 5. The van der Waals surface area contributed by atoms with Crippen LogP contribution >= 0.6 is 0 Å². The summed E-state index contributed by atoms with van der Waals surface area (Å²) in [6, 6.07) is 13.8. The summed E-state index contributed by atoms with van der Waals surface area (Å²) < 4.78 is 11.3. The first-order valence-corrected chi connectivity index (χ1v) is 10.2. The Hall–Kier alpha value is -3.06. The maximum Gasteiger partial charge on any atom is 0.414 e. The summed E-state index contributed by atoms with van der Waals surface area (Å²) in [6.45, 7) is 3.21. The zero-order chi connectivity index (χ0) is 21.1. The minimum Gasteiger partial charge on any atom is -0.497 e. The molecule has 0 radical (unpaired) electrons. The van der Waals surface area contributed by atoms with E-state index in [1.807, 2.05) is 18.2 Å². The second-order valence-electron chi connectivity index (χ2n) is 7.85. The summed E-state index contributed by atoms with van der Waals surface area (Å²) in [4.78, 5) is 28.3. The average molecular weight is 410 g/mol. The van der Waals surface area contributed by atoms with Crippen LogP contribution in [0.15, 0.2) is 48.5 Å². The van der Waals surface area contributed by atoms with Gasteiger partial charge < -0.3 is 14.6 Å². The van der Waals surface area contributed by atoms with Crippen LogP contribution in [0.5, 0.6) is 5.75 Å². The number of carbonyl (C=O) groups is 2. The third-order valence-corrected chi connectivity index (χ3v) is 5.98. The lowest BCUT2D eigenvalue weighted by Gasteiger charge is -2.44. The van der Waals surface area contributed by atoms with Crippen molar-refractivity contribution in [2.75, 3.05) is 31.6 Å². The molecule has 1 N–H and O–H groups in total. The molecular formula is C23H26N2O5. The van der Waals surface area contributed by atoms with Crippen molar-refractivity contribution in [2.45, 2.75) is 25.5 Å². The minimum absolute atomic E-state index is 0.0949. The third-order valence-electron chi connectivity index (χ3n) is 5.98. The van der Waals surface area contributed by atoms with Crippen LogP contribution in [0.2, 0.25) is 0 Å². The number of amides is 1. The fourth-order valence-electron chi connectivity index (χ4n) is 4.21. The molecule has 158 valence electrons. The largest absolute Gasteiger partial charge is 0.497 e. The zero-order valence-corrected chi connectivity index (χ0v) is 17.0. The maximum absolute atomic E-state index is 13.2. The molecule has 0 saturated carbocycles. The Kier molecular flexibility index (Phi) is 5.90. The van der Waals surface area contributed by atoms with E-state index in [2.05, 4.69) is 4.90 Å². The van der Waals surface area contributed by atoms with E-state index in [4.69, 9.17) is 14.6 Å². The van der Waals surface area contributed by atoms with Crippen molar-refractivity contribution in [2.24, 2.45) is 5.92 Å². The fraction of sp³-hybridized carbons (Fsp3) is 0.391. The molecule has 0 unspecified atom stereocenters. The average Bonchev–Trinajstić information content (AvgIpc) is 2.78. The van der Waals surface area contributed by atoms with Crippen molar-refractivity contribution in [3.8, 4) is 5.75 Å². The summed E-state index contributed by atoms with van der Waals surface area (Å²) >= 11 is 0. The quantitative estimate of drug-likeness (QED) is 0.783. The van der Waals surface area contributed by atoms with Crippen LogP contribution in [0, 0.1) is 5.92 Å².